The number of nitro groups is 1. The van der Waals surface area contributed by atoms with Gasteiger partial charge in [0, 0.05) is 36.7 Å². The number of aryl methyl sites for hydroxylation is 1. The summed E-state index contributed by atoms with van der Waals surface area (Å²) in [6, 6.07) is 0. The van der Waals surface area contributed by atoms with Crippen LogP contribution in [0.5, 0.6) is 0 Å². The summed E-state index contributed by atoms with van der Waals surface area (Å²) < 4.78 is 0. The summed E-state index contributed by atoms with van der Waals surface area (Å²) in [5, 5.41) is 18.3. The number of allylic oxidation sites excluding steroid dienone is 1. The average molecular weight is 484 g/mol. The molecule has 1 heterocycles. The average Bonchev–Trinajstić information content (AvgIpc) is 3.15. The highest BCUT2D eigenvalue weighted by molar-refractivity contribution is 7.98. The summed E-state index contributed by atoms with van der Waals surface area (Å²) in [5.41, 5.74) is 1.25. The largest absolute Gasteiger partial charge is 0.367 e. The molecule has 1 aromatic rings. The maximum Gasteiger partial charge on any atom is 0.274 e. The van der Waals surface area contributed by atoms with Crippen LogP contribution in [0.25, 0.3) is 0 Å². The molecule has 0 unspecified atom stereocenters. The zero-order valence-electron chi connectivity index (χ0n) is 20.2. The number of nitrogens with one attached hydrogen (secondary N) is 2. The molecule has 0 fully saturated rings. The standard InChI is InChI=1S/C23H41N5O2S2/c1-5-9-10-14-24-22(18-28(29)30)25-15-11-17-31-19-20-21(12-6-2)32-23(26-20)13-16-27(7-3)8-4/h9-10,18,24-25H,5-8,11-17,19H2,1-4H3. The minimum absolute atomic E-state index is 0.428. The number of nitrogens with zero attached hydrogens (tertiary/aromatic N) is 3. The molecule has 0 atom stereocenters. The number of aromatic nitrogens is 1. The zero-order valence-corrected chi connectivity index (χ0v) is 21.8. The van der Waals surface area contributed by atoms with Crippen molar-refractivity contribution in [2.75, 3.05) is 38.5 Å². The van der Waals surface area contributed by atoms with E-state index in [0.717, 1.165) is 69.4 Å². The van der Waals surface area contributed by atoms with Crippen LogP contribution in [0.1, 0.15) is 62.5 Å². The molecular weight excluding hydrogens is 442 g/mol. The van der Waals surface area contributed by atoms with Gasteiger partial charge in [0.1, 0.15) is 0 Å². The number of thiazole rings is 1. The molecule has 1 rings (SSSR count). The van der Waals surface area contributed by atoms with Crippen molar-refractivity contribution >= 4 is 23.1 Å². The SMILES string of the molecule is CCC=CCNC(=C[N+](=O)[O-])NCCCSCc1nc(CCN(CC)CC)sc1CCC. The summed E-state index contributed by atoms with van der Waals surface area (Å²) in [6.45, 7) is 13.2. The van der Waals surface area contributed by atoms with Gasteiger partial charge in [0.25, 0.3) is 6.20 Å². The number of hydrogen-bond acceptors (Lipinski definition) is 8. The van der Waals surface area contributed by atoms with Crippen LogP contribution in [0.3, 0.4) is 0 Å². The van der Waals surface area contributed by atoms with Crippen LogP contribution in [0, 0.1) is 10.1 Å². The minimum Gasteiger partial charge on any atom is -0.367 e. The summed E-state index contributed by atoms with van der Waals surface area (Å²) in [6.07, 6.45) is 10.2. The van der Waals surface area contributed by atoms with Gasteiger partial charge < -0.3 is 15.5 Å². The van der Waals surface area contributed by atoms with Gasteiger partial charge >= 0.3 is 0 Å². The Balaban J connectivity index is 2.43. The lowest BCUT2D eigenvalue weighted by Gasteiger charge is -2.16. The molecule has 0 radical (unpaired) electrons. The topological polar surface area (TPSA) is 83.3 Å². The van der Waals surface area contributed by atoms with Crippen LogP contribution in [0.2, 0.25) is 0 Å². The van der Waals surface area contributed by atoms with E-state index in [0.29, 0.717) is 18.9 Å². The smallest absolute Gasteiger partial charge is 0.274 e. The van der Waals surface area contributed by atoms with E-state index in [2.05, 4.69) is 43.2 Å². The van der Waals surface area contributed by atoms with Gasteiger partial charge in [-0.1, -0.05) is 46.3 Å². The van der Waals surface area contributed by atoms with Gasteiger partial charge in [0.15, 0.2) is 5.82 Å². The van der Waals surface area contributed by atoms with Crippen molar-refractivity contribution in [1.29, 1.82) is 0 Å². The van der Waals surface area contributed by atoms with Crippen LogP contribution in [0.4, 0.5) is 0 Å². The first kappa shape index (κ1) is 28.5. The Hall–Kier alpha value is -1.58. The van der Waals surface area contributed by atoms with Gasteiger partial charge in [-0.2, -0.15) is 11.8 Å². The highest BCUT2D eigenvalue weighted by Gasteiger charge is 2.12. The Bertz CT molecular complexity index is 703. The third-order valence-electron chi connectivity index (χ3n) is 4.90. The predicted molar refractivity (Wildman–Crippen MR) is 139 cm³/mol. The second-order valence-corrected chi connectivity index (χ2v) is 9.70. The Morgan fingerprint density at radius 2 is 1.97 bits per heavy atom. The molecular formula is C23H41N5O2S2. The van der Waals surface area contributed by atoms with Gasteiger partial charge in [-0.05, 0) is 38.1 Å². The van der Waals surface area contributed by atoms with Crippen molar-refractivity contribution in [2.24, 2.45) is 0 Å². The Labute approximate surface area is 202 Å². The zero-order chi connectivity index (χ0) is 23.6. The highest BCUT2D eigenvalue weighted by Crippen LogP contribution is 2.25. The van der Waals surface area contributed by atoms with E-state index in [1.165, 1.54) is 15.6 Å². The maximum atomic E-state index is 10.8. The second-order valence-electron chi connectivity index (χ2n) is 7.43. The van der Waals surface area contributed by atoms with Crippen molar-refractivity contribution in [3.63, 3.8) is 0 Å². The van der Waals surface area contributed by atoms with E-state index in [-0.39, 0.29) is 0 Å². The van der Waals surface area contributed by atoms with Crippen molar-refractivity contribution in [2.45, 2.75) is 65.6 Å². The van der Waals surface area contributed by atoms with E-state index in [9.17, 15) is 10.1 Å². The summed E-state index contributed by atoms with van der Waals surface area (Å²) >= 11 is 3.78. The number of thioether (sulfide) groups is 1. The predicted octanol–water partition coefficient (Wildman–Crippen LogP) is 4.82. The number of hydrogen-bond donors (Lipinski definition) is 2. The first-order valence-corrected chi connectivity index (χ1v) is 13.8. The van der Waals surface area contributed by atoms with Crippen LogP contribution < -0.4 is 10.6 Å². The fourth-order valence-electron chi connectivity index (χ4n) is 3.12. The lowest BCUT2D eigenvalue weighted by molar-refractivity contribution is -0.404. The molecule has 0 amide bonds. The molecule has 32 heavy (non-hydrogen) atoms. The van der Waals surface area contributed by atoms with Crippen molar-refractivity contribution in [3.05, 3.63) is 49.9 Å². The molecule has 0 aliphatic heterocycles. The van der Waals surface area contributed by atoms with Crippen LogP contribution in [-0.4, -0.2) is 53.3 Å². The first-order chi connectivity index (χ1) is 15.5. The van der Waals surface area contributed by atoms with Gasteiger partial charge in [0.2, 0.25) is 0 Å². The third-order valence-corrected chi connectivity index (χ3v) is 7.17. The second kappa shape index (κ2) is 17.9. The molecule has 0 saturated heterocycles. The van der Waals surface area contributed by atoms with Crippen LogP contribution in [-0.2, 0) is 18.6 Å². The Kier molecular flexibility index (Phi) is 15.9. The Morgan fingerprint density at radius 3 is 2.62 bits per heavy atom. The molecule has 0 spiro atoms. The fourth-order valence-corrected chi connectivity index (χ4v) is 5.31. The lowest BCUT2D eigenvalue weighted by Crippen LogP contribution is -2.28. The molecule has 0 aromatic carbocycles. The van der Waals surface area contributed by atoms with Gasteiger partial charge in [-0.3, -0.25) is 10.1 Å². The first-order valence-electron chi connectivity index (χ1n) is 11.8. The van der Waals surface area contributed by atoms with Crippen molar-refractivity contribution < 1.29 is 4.92 Å². The van der Waals surface area contributed by atoms with E-state index >= 15 is 0 Å². The van der Waals surface area contributed by atoms with Gasteiger partial charge in [0.05, 0.1) is 15.6 Å². The summed E-state index contributed by atoms with van der Waals surface area (Å²) in [7, 11) is 0. The van der Waals surface area contributed by atoms with E-state index in [1.807, 2.05) is 35.3 Å². The third kappa shape index (κ3) is 12.5. The molecule has 0 aliphatic carbocycles. The van der Waals surface area contributed by atoms with E-state index in [4.69, 9.17) is 4.98 Å². The molecule has 9 heteroatoms. The normalized spacial score (nSPS) is 12.1. The van der Waals surface area contributed by atoms with E-state index in [1.54, 1.807) is 0 Å². The molecule has 0 saturated carbocycles. The quantitative estimate of drug-likeness (QED) is 0.126. The number of rotatable bonds is 19. The van der Waals surface area contributed by atoms with E-state index < -0.39 is 4.92 Å². The molecule has 0 bridgehead atoms. The molecule has 2 N–H and O–H groups in total. The van der Waals surface area contributed by atoms with Gasteiger partial charge in [-0.25, -0.2) is 4.98 Å². The van der Waals surface area contributed by atoms with Crippen LogP contribution in [0.15, 0.2) is 24.2 Å². The molecule has 1 aromatic heterocycles. The monoisotopic (exact) mass is 483 g/mol. The molecule has 0 aliphatic rings. The highest BCUT2D eigenvalue weighted by atomic mass is 32.2. The van der Waals surface area contributed by atoms with Gasteiger partial charge in [-0.15, -0.1) is 11.3 Å². The van der Waals surface area contributed by atoms with Crippen molar-refractivity contribution in [3.8, 4) is 0 Å². The van der Waals surface area contributed by atoms with Crippen molar-refractivity contribution in [1.82, 2.24) is 20.5 Å². The maximum absolute atomic E-state index is 10.8. The molecule has 182 valence electrons. The Morgan fingerprint density at radius 1 is 1.19 bits per heavy atom. The number of likely N-dealkylation sites (N-methyl/N-ethyl adjacent to an activating group) is 1. The molecule has 7 nitrogen and oxygen atoms in total. The minimum atomic E-state index is -0.428. The summed E-state index contributed by atoms with van der Waals surface area (Å²) in [4.78, 5) is 19.2. The van der Waals surface area contributed by atoms with Crippen LogP contribution >= 0.6 is 23.1 Å². The summed E-state index contributed by atoms with van der Waals surface area (Å²) in [5.74, 6) is 2.39. The fraction of sp³-hybridized carbons (Fsp3) is 0.696. The lowest BCUT2D eigenvalue weighted by atomic mass is 10.2.